The van der Waals surface area contributed by atoms with Gasteiger partial charge in [0.2, 0.25) is 0 Å². The molecule has 102 valence electrons. The van der Waals surface area contributed by atoms with Crippen LogP contribution in [-0.4, -0.2) is 34.2 Å². The fourth-order valence-electron chi connectivity index (χ4n) is 0.833. The largest absolute Gasteiger partial charge is 0.480 e. The summed E-state index contributed by atoms with van der Waals surface area (Å²) in [6.45, 7) is 5.56. The van der Waals surface area contributed by atoms with E-state index >= 15 is 0 Å². The molecule has 0 fully saturated rings. The third-order valence-electron chi connectivity index (χ3n) is 2.19. The van der Waals surface area contributed by atoms with Crippen LogP contribution in [0.1, 0.15) is 40.0 Å². The Bertz CT molecular complexity index is 232. The number of nitrogens with two attached hydrogens (primary N) is 2. The number of rotatable bonds is 6. The topological polar surface area (TPSA) is 127 Å². The van der Waals surface area contributed by atoms with E-state index in [1.54, 1.807) is 13.8 Å². The van der Waals surface area contributed by atoms with E-state index in [2.05, 4.69) is 0 Å². The zero-order valence-corrected chi connectivity index (χ0v) is 10.7. The minimum absolute atomic E-state index is 0.0208. The molecule has 0 bridgehead atoms. The zero-order chi connectivity index (χ0) is 14.0. The van der Waals surface area contributed by atoms with Gasteiger partial charge in [0.15, 0.2) is 0 Å². The molecule has 0 aromatic rings. The van der Waals surface area contributed by atoms with Crippen LogP contribution in [0.15, 0.2) is 0 Å². The van der Waals surface area contributed by atoms with Crippen LogP contribution in [0.25, 0.3) is 0 Å². The van der Waals surface area contributed by atoms with Crippen molar-refractivity contribution in [1.29, 1.82) is 0 Å². The molecule has 0 saturated heterocycles. The van der Waals surface area contributed by atoms with Crippen molar-refractivity contribution in [2.75, 3.05) is 0 Å². The summed E-state index contributed by atoms with van der Waals surface area (Å²) in [4.78, 5) is 20.1. The lowest BCUT2D eigenvalue weighted by atomic mass is 10.1. The molecule has 6 heteroatoms. The van der Waals surface area contributed by atoms with E-state index in [1.165, 1.54) is 0 Å². The SMILES string of the molecule is CC(C)[C@@H](N)C(=O)O.CCCCC(N)C(=O)O. The maximum atomic E-state index is 10.1. The lowest BCUT2D eigenvalue weighted by Crippen LogP contribution is -2.34. The lowest BCUT2D eigenvalue weighted by Gasteiger charge is -2.07. The highest BCUT2D eigenvalue weighted by Gasteiger charge is 2.14. The standard InChI is InChI=1S/C6H13NO2.C5H11NO2/c1-2-3-4-5(7)6(8)9;1-3(2)4(6)5(7)8/h5H,2-4,7H2,1H3,(H,8,9);3-4H,6H2,1-2H3,(H,7,8)/t;4-/m.1/s1. The first-order valence-electron chi connectivity index (χ1n) is 5.70. The van der Waals surface area contributed by atoms with Gasteiger partial charge in [0.25, 0.3) is 0 Å². The second-order valence-corrected chi connectivity index (χ2v) is 4.19. The molecule has 0 aromatic heterocycles. The van der Waals surface area contributed by atoms with Crippen molar-refractivity contribution in [3.63, 3.8) is 0 Å². The first-order valence-corrected chi connectivity index (χ1v) is 5.70. The van der Waals surface area contributed by atoms with Gasteiger partial charge in [-0.1, -0.05) is 33.6 Å². The van der Waals surface area contributed by atoms with Gasteiger partial charge >= 0.3 is 11.9 Å². The quantitative estimate of drug-likeness (QED) is 0.546. The van der Waals surface area contributed by atoms with E-state index in [0.29, 0.717) is 6.42 Å². The Morgan fingerprint density at radius 1 is 1.12 bits per heavy atom. The molecular weight excluding hydrogens is 224 g/mol. The minimum Gasteiger partial charge on any atom is -0.480 e. The zero-order valence-electron chi connectivity index (χ0n) is 10.7. The Hall–Kier alpha value is -1.14. The first kappa shape index (κ1) is 18.2. The van der Waals surface area contributed by atoms with Gasteiger partial charge in [-0.25, -0.2) is 0 Å². The van der Waals surface area contributed by atoms with Crippen LogP contribution in [-0.2, 0) is 9.59 Å². The summed E-state index contributed by atoms with van der Waals surface area (Å²) in [6, 6.07) is -1.38. The molecule has 0 radical (unpaired) electrons. The van der Waals surface area contributed by atoms with E-state index in [4.69, 9.17) is 21.7 Å². The van der Waals surface area contributed by atoms with Crippen LogP contribution in [0.2, 0.25) is 0 Å². The van der Waals surface area contributed by atoms with Crippen molar-refractivity contribution in [2.45, 2.75) is 52.1 Å². The van der Waals surface area contributed by atoms with Gasteiger partial charge in [0, 0.05) is 0 Å². The third kappa shape index (κ3) is 11.1. The van der Waals surface area contributed by atoms with Crippen molar-refractivity contribution in [1.82, 2.24) is 0 Å². The van der Waals surface area contributed by atoms with Crippen molar-refractivity contribution < 1.29 is 19.8 Å². The molecule has 0 rings (SSSR count). The second kappa shape index (κ2) is 10.0. The number of aliphatic carboxylic acids is 2. The van der Waals surface area contributed by atoms with E-state index < -0.39 is 24.0 Å². The number of carboxylic acid groups (broad SMARTS) is 2. The second-order valence-electron chi connectivity index (χ2n) is 4.19. The molecular formula is C11H24N2O4. The van der Waals surface area contributed by atoms with E-state index in [1.807, 2.05) is 6.92 Å². The molecule has 0 aliphatic carbocycles. The summed E-state index contributed by atoms with van der Waals surface area (Å²) >= 11 is 0. The molecule has 17 heavy (non-hydrogen) atoms. The minimum atomic E-state index is -0.931. The summed E-state index contributed by atoms with van der Waals surface area (Å²) in [7, 11) is 0. The van der Waals surface area contributed by atoms with Gasteiger partial charge in [-0.2, -0.15) is 0 Å². The van der Waals surface area contributed by atoms with Crippen LogP contribution < -0.4 is 11.5 Å². The molecule has 6 N–H and O–H groups in total. The fourth-order valence-corrected chi connectivity index (χ4v) is 0.833. The third-order valence-corrected chi connectivity index (χ3v) is 2.19. The lowest BCUT2D eigenvalue weighted by molar-refractivity contribution is -0.140. The highest BCUT2D eigenvalue weighted by atomic mass is 16.4. The number of carboxylic acids is 2. The normalized spacial score (nSPS) is 13.5. The van der Waals surface area contributed by atoms with Gasteiger partial charge < -0.3 is 21.7 Å². The number of hydrogen-bond donors (Lipinski definition) is 4. The molecule has 0 heterocycles. The highest BCUT2D eigenvalue weighted by molar-refractivity contribution is 5.73. The number of unbranched alkanes of at least 4 members (excludes halogenated alkanes) is 1. The van der Waals surface area contributed by atoms with Gasteiger partial charge in [-0.3, -0.25) is 9.59 Å². The van der Waals surface area contributed by atoms with E-state index in [9.17, 15) is 9.59 Å². The molecule has 0 aromatic carbocycles. The maximum absolute atomic E-state index is 10.1. The van der Waals surface area contributed by atoms with Crippen LogP contribution in [0.4, 0.5) is 0 Å². The van der Waals surface area contributed by atoms with Crippen molar-refractivity contribution in [3.8, 4) is 0 Å². The van der Waals surface area contributed by atoms with Crippen molar-refractivity contribution in [3.05, 3.63) is 0 Å². The summed E-state index contributed by atoms with van der Waals surface area (Å²) in [5.74, 6) is -1.81. The van der Waals surface area contributed by atoms with E-state index in [-0.39, 0.29) is 5.92 Å². The van der Waals surface area contributed by atoms with Gasteiger partial charge in [-0.05, 0) is 12.3 Å². The Morgan fingerprint density at radius 3 is 1.76 bits per heavy atom. The predicted molar refractivity (Wildman–Crippen MR) is 65.6 cm³/mol. The van der Waals surface area contributed by atoms with Crippen LogP contribution in [0.3, 0.4) is 0 Å². The number of hydrogen-bond acceptors (Lipinski definition) is 4. The summed E-state index contributed by atoms with van der Waals surface area (Å²) in [6.07, 6.45) is 2.49. The smallest absolute Gasteiger partial charge is 0.320 e. The number of carbonyl (C=O) groups is 2. The molecule has 2 atom stereocenters. The van der Waals surface area contributed by atoms with Crippen LogP contribution in [0.5, 0.6) is 0 Å². The average Bonchev–Trinajstić information content (AvgIpc) is 2.25. The predicted octanol–water partition coefficient (Wildman–Crippen LogP) is 0.643. The van der Waals surface area contributed by atoms with Crippen LogP contribution >= 0.6 is 0 Å². The summed E-state index contributed by atoms with van der Waals surface area (Å²) in [5, 5.41) is 16.5. The summed E-state index contributed by atoms with van der Waals surface area (Å²) < 4.78 is 0. The average molecular weight is 248 g/mol. The molecule has 6 nitrogen and oxygen atoms in total. The van der Waals surface area contributed by atoms with Gasteiger partial charge in [-0.15, -0.1) is 0 Å². The fraction of sp³-hybridized carbons (Fsp3) is 0.818. The molecule has 0 aliphatic heterocycles. The highest BCUT2D eigenvalue weighted by Crippen LogP contribution is 1.97. The van der Waals surface area contributed by atoms with Crippen LogP contribution in [0, 0.1) is 5.92 Å². The first-order chi connectivity index (χ1) is 7.73. The monoisotopic (exact) mass is 248 g/mol. The molecule has 0 amide bonds. The Kier molecular flexibility index (Phi) is 10.8. The Labute approximate surface area is 102 Å². The molecule has 0 aliphatic rings. The van der Waals surface area contributed by atoms with Gasteiger partial charge in [0.05, 0.1) is 0 Å². The van der Waals surface area contributed by atoms with Crippen molar-refractivity contribution in [2.24, 2.45) is 17.4 Å². The van der Waals surface area contributed by atoms with E-state index in [0.717, 1.165) is 12.8 Å². The maximum Gasteiger partial charge on any atom is 0.320 e. The Morgan fingerprint density at radius 2 is 1.59 bits per heavy atom. The molecule has 1 unspecified atom stereocenters. The summed E-state index contributed by atoms with van der Waals surface area (Å²) in [5.41, 5.74) is 10.4. The molecule has 0 saturated carbocycles. The van der Waals surface area contributed by atoms with Gasteiger partial charge in [0.1, 0.15) is 12.1 Å². The molecule has 0 spiro atoms. The van der Waals surface area contributed by atoms with Crippen molar-refractivity contribution >= 4 is 11.9 Å². The Balaban J connectivity index is 0.